The summed E-state index contributed by atoms with van der Waals surface area (Å²) in [6.45, 7) is 1.58. The maximum Gasteiger partial charge on any atom is 0.417 e. The first-order valence-corrected chi connectivity index (χ1v) is 4.76. The van der Waals surface area contributed by atoms with Gasteiger partial charge in [0.2, 0.25) is 0 Å². The molecule has 6 heteroatoms. The molecule has 0 aliphatic heterocycles. The van der Waals surface area contributed by atoms with Crippen LogP contribution in [0.5, 0.6) is 0 Å². The molecule has 0 aliphatic rings. The second-order valence-electron chi connectivity index (χ2n) is 3.58. The summed E-state index contributed by atoms with van der Waals surface area (Å²) in [7, 11) is 0. The fourth-order valence-corrected chi connectivity index (χ4v) is 1.20. The lowest BCUT2D eigenvalue weighted by Gasteiger charge is -2.11. The molecule has 1 atom stereocenters. The molecule has 0 bridgehead atoms. The molecule has 0 amide bonds. The number of aliphatic hydroxyl groups excluding tert-OH is 1. The average molecular weight is 235 g/mol. The predicted molar refractivity (Wildman–Crippen MR) is 52.0 cm³/mol. The number of aliphatic hydroxyl groups is 1. The highest BCUT2D eigenvalue weighted by atomic mass is 19.4. The molecule has 0 radical (unpaired) electrons. The topological polar surface area (TPSA) is 42.2 Å². The number of aromatic nitrogens is 1. The summed E-state index contributed by atoms with van der Waals surface area (Å²) in [6, 6.07) is 1.63. The van der Waals surface area contributed by atoms with Crippen molar-refractivity contribution in [2.24, 2.45) is 0 Å². The average Bonchev–Trinajstić information content (AvgIpc) is 2.14. The number of rotatable bonds is 3. The van der Waals surface area contributed by atoms with E-state index in [1.54, 1.807) is 0 Å². The van der Waals surface area contributed by atoms with Crippen LogP contribution < -0.4 is 5.56 Å². The highest BCUT2D eigenvalue weighted by Gasteiger charge is 2.30. The van der Waals surface area contributed by atoms with Gasteiger partial charge in [0.1, 0.15) is 0 Å². The molecule has 0 spiro atoms. The van der Waals surface area contributed by atoms with E-state index >= 15 is 0 Å². The Morgan fingerprint density at radius 1 is 1.44 bits per heavy atom. The monoisotopic (exact) mass is 235 g/mol. The maximum atomic E-state index is 12.3. The van der Waals surface area contributed by atoms with Crippen LogP contribution in [0.25, 0.3) is 0 Å². The first-order valence-electron chi connectivity index (χ1n) is 4.76. The molecule has 1 heterocycles. The van der Waals surface area contributed by atoms with Crippen LogP contribution in [0.2, 0.25) is 0 Å². The smallest absolute Gasteiger partial charge is 0.393 e. The van der Waals surface area contributed by atoms with Crippen molar-refractivity contribution in [3.05, 3.63) is 34.2 Å². The molecule has 0 aliphatic carbocycles. The first-order chi connectivity index (χ1) is 7.30. The fourth-order valence-electron chi connectivity index (χ4n) is 1.20. The van der Waals surface area contributed by atoms with E-state index in [0.29, 0.717) is 0 Å². The van der Waals surface area contributed by atoms with Gasteiger partial charge >= 0.3 is 6.18 Å². The second-order valence-corrected chi connectivity index (χ2v) is 3.58. The lowest BCUT2D eigenvalue weighted by molar-refractivity contribution is -0.138. The zero-order chi connectivity index (χ0) is 12.3. The Kier molecular flexibility index (Phi) is 3.74. The van der Waals surface area contributed by atoms with E-state index in [0.717, 1.165) is 22.9 Å². The molecule has 1 aromatic rings. The van der Waals surface area contributed by atoms with Crippen molar-refractivity contribution in [1.82, 2.24) is 4.57 Å². The highest BCUT2D eigenvalue weighted by molar-refractivity contribution is 5.13. The lowest BCUT2D eigenvalue weighted by atomic mass is 10.2. The van der Waals surface area contributed by atoms with E-state index < -0.39 is 23.4 Å². The third-order valence-corrected chi connectivity index (χ3v) is 2.10. The minimum absolute atomic E-state index is 0.0699. The van der Waals surface area contributed by atoms with E-state index in [2.05, 4.69) is 0 Å². The lowest BCUT2D eigenvalue weighted by Crippen LogP contribution is -2.22. The zero-order valence-electron chi connectivity index (χ0n) is 8.66. The Morgan fingerprint density at radius 2 is 2.06 bits per heavy atom. The van der Waals surface area contributed by atoms with Crippen LogP contribution in [0.4, 0.5) is 13.2 Å². The van der Waals surface area contributed by atoms with Crippen molar-refractivity contribution in [3.63, 3.8) is 0 Å². The minimum Gasteiger partial charge on any atom is -0.393 e. The van der Waals surface area contributed by atoms with Crippen LogP contribution in [-0.4, -0.2) is 15.8 Å². The van der Waals surface area contributed by atoms with Gasteiger partial charge in [-0.25, -0.2) is 0 Å². The van der Waals surface area contributed by atoms with Gasteiger partial charge in [0, 0.05) is 18.8 Å². The van der Waals surface area contributed by atoms with Gasteiger partial charge in [-0.15, -0.1) is 0 Å². The van der Waals surface area contributed by atoms with Crippen LogP contribution >= 0.6 is 0 Å². The molecule has 1 unspecified atom stereocenters. The number of hydrogen-bond donors (Lipinski definition) is 1. The van der Waals surface area contributed by atoms with Crippen LogP contribution in [0, 0.1) is 0 Å². The number of hydrogen-bond acceptors (Lipinski definition) is 2. The third kappa shape index (κ3) is 3.37. The van der Waals surface area contributed by atoms with Gasteiger partial charge in [-0.2, -0.15) is 13.2 Å². The highest BCUT2D eigenvalue weighted by Crippen LogP contribution is 2.27. The van der Waals surface area contributed by atoms with Gasteiger partial charge in [0.05, 0.1) is 11.7 Å². The van der Waals surface area contributed by atoms with Gasteiger partial charge in [0.25, 0.3) is 5.56 Å². The number of pyridine rings is 1. The fraction of sp³-hybridized carbons (Fsp3) is 0.500. The molecule has 90 valence electrons. The molecule has 0 aromatic carbocycles. The molecule has 3 nitrogen and oxygen atoms in total. The summed E-state index contributed by atoms with van der Waals surface area (Å²) in [4.78, 5) is 11.2. The summed E-state index contributed by atoms with van der Waals surface area (Å²) in [6.07, 6.45) is -4.10. The Bertz CT molecular complexity index is 409. The normalized spacial score (nSPS) is 13.8. The number of halogens is 3. The largest absolute Gasteiger partial charge is 0.417 e. The van der Waals surface area contributed by atoms with Crippen molar-refractivity contribution < 1.29 is 18.3 Å². The van der Waals surface area contributed by atoms with Crippen LogP contribution in [0.3, 0.4) is 0 Å². The Labute approximate surface area is 90.1 Å². The van der Waals surface area contributed by atoms with Crippen molar-refractivity contribution >= 4 is 0 Å². The van der Waals surface area contributed by atoms with Gasteiger partial charge in [-0.05, 0) is 19.4 Å². The minimum atomic E-state index is -4.46. The van der Waals surface area contributed by atoms with Crippen LogP contribution in [-0.2, 0) is 12.7 Å². The molecule has 16 heavy (non-hydrogen) atoms. The molecular formula is C10H12F3NO2. The molecule has 1 N–H and O–H groups in total. The zero-order valence-corrected chi connectivity index (χ0v) is 8.66. The molecule has 0 saturated heterocycles. The van der Waals surface area contributed by atoms with Gasteiger partial charge in [0.15, 0.2) is 0 Å². The molecule has 0 fully saturated rings. The summed E-state index contributed by atoms with van der Waals surface area (Å²) < 4.78 is 38.0. The quantitative estimate of drug-likeness (QED) is 0.865. The van der Waals surface area contributed by atoms with Crippen LogP contribution in [0.15, 0.2) is 23.1 Å². The Morgan fingerprint density at radius 3 is 2.56 bits per heavy atom. The first kappa shape index (κ1) is 12.8. The van der Waals surface area contributed by atoms with Gasteiger partial charge in [-0.1, -0.05) is 0 Å². The second kappa shape index (κ2) is 4.69. The summed E-state index contributed by atoms with van der Waals surface area (Å²) in [5.41, 5.74) is -1.37. The number of aryl methyl sites for hydroxylation is 1. The maximum absolute atomic E-state index is 12.3. The summed E-state index contributed by atoms with van der Waals surface area (Å²) in [5.74, 6) is 0. The summed E-state index contributed by atoms with van der Waals surface area (Å²) in [5, 5.41) is 9.00. The molecule has 0 saturated carbocycles. The van der Waals surface area contributed by atoms with Crippen molar-refractivity contribution in [2.45, 2.75) is 32.2 Å². The number of alkyl halides is 3. The number of nitrogens with zero attached hydrogens (tertiary/aromatic N) is 1. The van der Waals surface area contributed by atoms with Crippen molar-refractivity contribution in [3.8, 4) is 0 Å². The van der Waals surface area contributed by atoms with E-state index in [4.69, 9.17) is 5.11 Å². The van der Waals surface area contributed by atoms with E-state index in [1.165, 1.54) is 6.92 Å². The van der Waals surface area contributed by atoms with Gasteiger partial charge in [-0.3, -0.25) is 4.79 Å². The Balaban J connectivity index is 2.96. The van der Waals surface area contributed by atoms with Crippen molar-refractivity contribution in [1.29, 1.82) is 0 Å². The SMILES string of the molecule is CC(O)CCn1cc(C(F)(F)F)ccc1=O. The van der Waals surface area contributed by atoms with E-state index in [-0.39, 0.29) is 13.0 Å². The van der Waals surface area contributed by atoms with Crippen LogP contribution in [0.1, 0.15) is 18.9 Å². The van der Waals surface area contributed by atoms with Crippen molar-refractivity contribution in [2.75, 3.05) is 0 Å². The van der Waals surface area contributed by atoms with E-state index in [9.17, 15) is 18.0 Å². The third-order valence-electron chi connectivity index (χ3n) is 2.10. The van der Waals surface area contributed by atoms with E-state index in [1.807, 2.05) is 0 Å². The molecule has 1 rings (SSSR count). The van der Waals surface area contributed by atoms with Gasteiger partial charge < -0.3 is 9.67 Å². The summed E-state index contributed by atoms with van der Waals surface area (Å²) >= 11 is 0. The Hall–Kier alpha value is -1.30. The predicted octanol–water partition coefficient (Wildman–Crippen LogP) is 1.64. The molecule has 1 aromatic heterocycles. The molecular weight excluding hydrogens is 223 g/mol. The standard InChI is InChI=1S/C10H12F3NO2/c1-7(15)4-5-14-6-8(10(11,12)13)2-3-9(14)16/h2-3,6-7,15H,4-5H2,1H3.